The van der Waals surface area contributed by atoms with Gasteiger partial charge in [-0.1, -0.05) is 44.1 Å². The Balaban J connectivity index is 1.45. The summed E-state index contributed by atoms with van der Waals surface area (Å²) in [6.07, 6.45) is 7.74. The summed E-state index contributed by atoms with van der Waals surface area (Å²) in [6.45, 7) is 2.20. The lowest BCUT2D eigenvalue weighted by Gasteiger charge is -2.25. The van der Waals surface area contributed by atoms with Gasteiger partial charge in [-0.15, -0.1) is 0 Å². The lowest BCUT2D eigenvalue weighted by Crippen LogP contribution is -2.16. The summed E-state index contributed by atoms with van der Waals surface area (Å²) in [5, 5.41) is 1.96. The van der Waals surface area contributed by atoms with Gasteiger partial charge in [-0.2, -0.15) is 4.99 Å². The molecule has 6 heteroatoms. The van der Waals surface area contributed by atoms with E-state index in [0.717, 1.165) is 42.5 Å². The van der Waals surface area contributed by atoms with E-state index in [0.29, 0.717) is 22.7 Å². The van der Waals surface area contributed by atoms with Crippen LogP contribution >= 0.6 is 12.2 Å². The highest BCUT2D eigenvalue weighted by Crippen LogP contribution is 2.31. The minimum absolute atomic E-state index is 0.197. The molecule has 0 N–H and O–H groups in total. The summed E-state index contributed by atoms with van der Waals surface area (Å²) in [7, 11) is 0. The summed E-state index contributed by atoms with van der Waals surface area (Å²) >= 11 is 4.40. The normalized spacial score (nSPS) is 14.6. The number of halogens is 3. The van der Waals surface area contributed by atoms with E-state index in [1.54, 1.807) is 30.3 Å². The van der Waals surface area contributed by atoms with Crippen LogP contribution < -0.4 is 0 Å². The zero-order valence-corrected chi connectivity index (χ0v) is 20.8. The van der Waals surface area contributed by atoms with Crippen molar-refractivity contribution in [2.75, 3.05) is 0 Å². The molecule has 0 saturated heterocycles. The van der Waals surface area contributed by atoms with Crippen molar-refractivity contribution in [3.05, 3.63) is 93.8 Å². The van der Waals surface area contributed by atoms with Crippen LogP contribution in [0.3, 0.4) is 0 Å². The molecule has 0 bridgehead atoms. The average molecular weight is 503 g/mol. The number of rotatable bonds is 6. The van der Waals surface area contributed by atoms with Crippen molar-refractivity contribution in [3.63, 3.8) is 0 Å². The third-order valence-corrected chi connectivity index (χ3v) is 6.48. The molecular formula is C30H25F3N2S. The van der Waals surface area contributed by atoms with Gasteiger partial charge in [-0.3, -0.25) is 4.99 Å². The monoisotopic (exact) mass is 502 g/mol. The van der Waals surface area contributed by atoms with Crippen LogP contribution in [-0.2, 0) is 12.8 Å². The van der Waals surface area contributed by atoms with Gasteiger partial charge in [0.2, 0.25) is 0 Å². The molecule has 4 rings (SSSR count). The maximum atomic E-state index is 15.1. The van der Waals surface area contributed by atoms with Gasteiger partial charge in [0.15, 0.2) is 11.6 Å². The van der Waals surface area contributed by atoms with Gasteiger partial charge in [0.25, 0.3) is 0 Å². The second-order valence-corrected chi connectivity index (χ2v) is 9.09. The van der Waals surface area contributed by atoms with E-state index in [-0.39, 0.29) is 11.4 Å². The Morgan fingerprint density at radius 1 is 1.03 bits per heavy atom. The summed E-state index contributed by atoms with van der Waals surface area (Å²) in [5.41, 5.74) is 3.41. The number of fused-ring (bicyclic) bond motifs is 1. The van der Waals surface area contributed by atoms with Crippen LogP contribution in [0.15, 0.2) is 58.5 Å². The van der Waals surface area contributed by atoms with Crippen LogP contribution in [0.5, 0.6) is 0 Å². The van der Waals surface area contributed by atoms with Crippen molar-refractivity contribution in [3.8, 4) is 11.8 Å². The zero-order valence-electron chi connectivity index (χ0n) is 20.0. The molecule has 3 aromatic rings. The first-order valence-electron chi connectivity index (χ1n) is 12.0. The van der Waals surface area contributed by atoms with Crippen molar-refractivity contribution in [2.24, 2.45) is 15.9 Å². The first-order chi connectivity index (χ1) is 17.5. The minimum atomic E-state index is -0.842. The average Bonchev–Trinajstić information content (AvgIpc) is 2.88. The molecule has 0 aromatic heterocycles. The van der Waals surface area contributed by atoms with E-state index in [4.69, 9.17) is 0 Å². The topological polar surface area (TPSA) is 24.7 Å². The predicted molar refractivity (Wildman–Crippen MR) is 142 cm³/mol. The second kappa shape index (κ2) is 11.9. The van der Waals surface area contributed by atoms with Gasteiger partial charge in [0, 0.05) is 11.8 Å². The Hall–Kier alpha value is -3.52. The first kappa shape index (κ1) is 25.6. The summed E-state index contributed by atoms with van der Waals surface area (Å²) < 4.78 is 43.0. The third kappa shape index (κ3) is 6.18. The zero-order chi connectivity index (χ0) is 25.5. The van der Waals surface area contributed by atoms with Crippen LogP contribution in [0, 0.1) is 35.2 Å². The Bertz CT molecular complexity index is 1370. The number of hydrogen-bond acceptors (Lipinski definition) is 3. The van der Waals surface area contributed by atoms with E-state index >= 15 is 4.39 Å². The van der Waals surface area contributed by atoms with Crippen molar-refractivity contribution < 1.29 is 13.2 Å². The van der Waals surface area contributed by atoms with Crippen LogP contribution in [0.25, 0.3) is 0 Å². The molecule has 182 valence electrons. The fourth-order valence-corrected chi connectivity index (χ4v) is 4.54. The fourth-order valence-electron chi connectivity index (χ4n) is 4.45. The summed E-state index contributed by atoms with van der Waals surface area (Å²) in [6, 6.07) is 13.1. The number of unbranched alkanes of at least 4 members (excludes halogenated alkanes) is 1. The van der Waals surface area contributed by atoms with Gasteiger partial charge in [0.05, 0.1) is 16.4 Å². The molecule has 0 amide bonds. The number of benzene rings is 3. The van der Waals surface area contributed by atoms with Crippen LogP contribution in [0.2, 0.25) is 0 Å². The Morgan fingerprint density at radius 3 is 2.47 bits per heavy atom. The Labute approximate surface area is 215 Å². The Kier molecular flexibility index (Phi) is 8.48. The predicted octanol–water partition coefficient (Wildman–Crippen LogP) is 8.28. The molecule has 1 aliphatic rings. The summed E-state index contributed by atoms with van der Waals surface area (Å²) in [5.74, 6) is 4.74. The van der Waals surface area contributed by atoms with E-state index in [9.17, 15) is 8.78 Å². The van der Waals surface area contributed by atoms with Gasteiger partial charge < -0.3 is 0 Å². The van der Waals surface area contributed by atoms with Gasteiger partial charge in [-0.05, 0) is 96.6 Å². The fraction of sp³-hybridized carbons (Fsp3) is 0.267. The highest BCUT2D eigenvalue weighted by molar-refractivity contribution is 7.78. The number of hydrogen-bond donors (Lipinski definition) is 0. The molecule has 36 heavy (non-hydrogen) atoms. The number of nitrogens with zero attached hydrogens (tertiary/aromatic N) is 2. The smallest absolute Gasteiger partial charge is 0.153 e. The molecule has 1 aliphatic carbocycles. The molecule has 1 unspecified atom stereocenters. The second-order valence-electron chi connectivity index (χ2n) is 8.91. The number of thiocarbonyl (C=S) groups is 1. The number of aliphatic imine (C=N–C) groups is 2. The molecule has 0 aliphatic heterocycles. The van der Waals surface area contributed by atoms with Gasteiger partial charge in [-0.25, -0.2) is 13.2 Å². The molecule has 0 radical (unpaired) electrons. The van der Waals surface area contributed by atoms with Gasteiger partial charge in [0.1, 0.15) is 11.5 Å². The maximum absolute atomic E-state index is 15.1. The largest absolute Gasteiger partial charge is 0.256 e. The molecule has 3 aromatic carbocycles. The van der Waals surface area contributed by atoms with Crippen molar-refractivity contribution in [1.29, 1.82) is 0 Å². The molecule has 0 fully saturated rings. The lowest BCUT2D eigenvalue weighted by atomic mass is 9.80. The van der Waals surface area contributed by atoms with Crippen molar-refractivity contribution in [1.82, 2.24) is 0 Å². The molecule has 0 spiro atoms. The van der Waals surface area contributed by atoms with Crippen molar-refractivity contribution in [2.45, 2.75) is 45.4 Å². The van der Waals surface area contributed by atoms with Crippen LogP contribution in [-0.4, -0.2) is 11.4 Å². The molecule has 0 heterocycles. The number of isothiocyanates is 1. The highest BCUT2D eigenvalue weighted by Gasteiger charge is 2.22. The SMILES string of the molecule is CCCCC1CCc2c(ccc(C#Cc3ccc(N=Cc4cc(F)c(N=C=S)c(F)c4)cc3)c2F)C1. The van der Waals surface area contributed by atoms with E-state index < -0.39 is 17.3 Å². The van der Waals surface area contributed by atoms with Gasteiger partial charge >= 0.3 is 0 Å². The van der Waals surface area contributed by atoms with Crippen molar-refractivity contribution >= 4 is 35.0 Å². The molecule has 1 atom stereocenters. The Morgan fingerprint density at radius 2 is 1.78 bits per heavy atom. The van der Waals surface area contributed by atoms with E-state index in [2.05, 4.69) is 41.0 Å². The standard InChI is InChI=1S/C30H25F3N2S/c1-2-3-4-21-8-14-26-24(15-21)11-10-23(29(26)33)9-5-20-6-12-25(13-7-20)34-18-22-16-27(31)30(35-19-36)28(32)17-22/h6-7,10-13,16-18,21H,2-4,8,14-15H2,1H3. The van der Waals surface area contributed by atoms with Crippen LogP contribution in [0.4, 0.5) is 24.5 Å². The van der Waals surface area contributed by atoms with E-state index in [1.807, 2.05) is 11.2 Å². The molecular weight excluding hydrogens is 477 g/mol. The van der Waals surface area contributed by atoms with Crippen LogP contribution in [0.1, 0.15) is 60.4 Å². The maximum Gasteiger partial charge on any atom is 0.153 e. The lowest BCUT2D eigenvalue weighted by molar-refractivity contribution is 0.405. The minimum Gasteiger partial charge on any atom is -0.256 e. The molecule has 0 saturated carbocycles. The quantitative estimate of drug-likeness (QED) is 0.189. The first-order valence-corrected chi connectivity index (χ1v) is 12.4. The highest BCUT2D eigenvalue weighted by atomic mass is 32.1. The van der Waals surface area contributed by atoms with E-state index in [1.165, 1.54) is 25.5 Å². The molecule has 2 nitrogen and oxygen atoms in total. The summed E-state index contributed by atoms with van der Waals surface area (Å²) in [4.78, 5) is 7.63. The third-order valence-electron chi connectivity index (χ3n) is 6.39.